The van der Waals surface area contributed by atoms with Crippen molar-refractivity contribution in [2.45, 2.75) is 26.2 Å². The van der Waals surface area contributed by atoms with Crippen molar-refractivity contribution in [1.29, 1.82) is 0 Å². The van der Waals surface area contributed by atoms with Crippen molar-refractivity contribution < 1.29 is 14.7 Å². The molecule has 0 fully saturated rings. The van der Waals surface area contributed by atoms with E-state index in [9.17, 15) is 14.7 Å². The number of hydrogen-bond donors (Lipinski definition) is 2. The number of carbonyl (C=O) groups excluding carboxylic acids is 1. The Balaban J connectivity index is 2.26. The van der Waals surface area contributed by atoms with Gasteiger partial charge >= 0.3 is 5.97 Å². The van der Waals surface area contributed by atoms with Gasteiger partial charge in [-0.3, -0.25) is 14.6 Å². The number of nitrogens with zero attached hydrogens (tertiary/aromatic N) is 1. The molecule has 0 aliphatic heterocycles. The maximum atomic E-state index is 13.1. The van der Waals surface area contributed by atoms with Gasteiger partial charge in [0.05, 0.1) is 16.6 Å². The molecule has 134 valence electrons. The van der Waals surface area contributed by atoms with E-state index in [1.54, 1.807) is 24.3 Å². The molecule has 0 saturated carbocycles. The number of carboxylic acid groups (broad SMARTS) is 1. The zero-order valence-corrected chi connectivity index (χ0v) is 15.6. The summed E-state index contributed by atoms with van der Waals surface area (Å²) >= 11 is 12.4. The van der Waals surface area contributed by atoms with Gasteiger partial charge < -0.3 is 10.1 Å². The van der Waals surface area contributed by atoms with Crippen LogP contribution in [0.3, 0.4) is 0 Å². The first-order valence-electron chi connectivity index (χ1n) is 8.07. The molecule has 1 aromatic carbocycles. The summed E-state index contributed by atoms with van der Waals surface area (Å²) in [4.78, 5) is 31.9. The van der Waals surface area contributed by atoms with Crippen molar-refractivity contribution in [3.63, 3.8) is 0 Å². The van der Waals surface area contributed by atoms with E-state index in [1.165, 1.54) is 13.1 Å². The molecule has 3 rings (SSSR count). The van der Waals surface area contributed by atoms with Crippen LogP contribution < -0.4 is 0 Å². The summed E-state index contributed by atoms with van der Waals surface area (Å²) < 4.78 is 0. The Hall–Kier alpha value is -2.37. The Kier molecular flexibility index (Phi) is 5.03. The first-order chi connectivity index (χ1) is 12.3. The van der Waals surface area contributed by atoms with Crippen LogP contribution in [0.25, 0.3) is 10.9 Å². The molecule has 0 aliphatic rings. The molecule has 0 radical (unpaired) electrons. The van der Waals surface area contributed by atoms with Crippen LogP contribution in [0.5, 0.6) is 0 Å². The lowest BCUT2D eigenvalue weighted by Crippen LogP contribution is -2.14. The van der Waals surface area contributed by atoms with E-state index in [2.05, 4.69) is 9.97 Å². The van der Waals surface area contributed by atoms with Crippen LogP contribution in [0, 0.1) is 0 Å². The van der Waals surface area contributed by atoms with Gasteiger partial charge in [0.2, 0.25) is 5.78 Å². The van der Waals surface area contributed by atoms with E-state index in [-0.39, 0.29) is 16.4 Å². The number of ketones is 1. The van der Waals surface area contributed by atoms with E-state index >= 15 is 0 Å². The second kappa shape index (κ2) is 7.09. The maximum absolute atomic E-state index is 13.1. The lowest BCUT2D eigenvalue weighted by atomic mass is 9.95. The van der Waals surface area contributed by atoms with Gasteiger partial charge in [0.1, 0.15) is 5.69 Å². The van der Waals surface area contributed by atoms with Crippen LogP contribution in [-0.2, 0) is 11.2 Å². The molecule has 2 heterocycles. The molecule has 5 nitrogen and oxygen atoms in total. The highest BCUT2D eigenvalue weighted by atomic mass is 35.5. The summed E-state index contributed by atoms with van der Waals surface area (Å²) in [5.41, 5.74) is 2.07. The van der Waals surface area contributed by atoms with E-state index in [1.807, 2.05) is 6.92 Å². The van der Waals surface area contributed by atoms with Gasteiger partial charge in [-0.1, -0.05) is 30.1 Å². The number of aromatic nitrogens is 2. The summed E-state index contributed by atoms with van der Waals surface area (Å²) in [7, 11) is 0. The lowest BCUT2D eigenvalue weighted by Gasteiger charge is -2.10. The Morgan fingerprint density at radius 1 is 1.27 bits per heavy atom. The minimum Gasteiger partial charge on any atom is -0.481 e. The third-order valence-corrected chi connectivity index (χ3v) is 5.05. The first kappa shape index (κ1) is 18.4. The van der Waals surface area contributed by atoms with Gasteiger partial charge in [0.15, 0.2) is 0 Å². The molecule has 0 saturated heterocycles. The quantitative estimate of drug-likeness (QED) is 0.609. The molecule has 2 aromatic heterocycles. The number of aromatic amines is 1. The normalized spacial score (nSPS) is 12.3. The summed E-state index contributed by atoms with van der Waals surface area (Å²) in [5, 5.41) is 10.8. The number of rotatable bonds is 5. The third-order valence-electron chi connectivity index (χ3n) is 4.40. The molecule has 0 aliphatic carbocycles. The van der Waals surface area contributed by atoms with Crippen LogP contribution in [-0.4, -0.2) is 26.8 Å². The highest BCUT2D eigenvalue weighted by molar-refractivity contribution is 6.35. The van der Waals surface area contributed by atoms with Crippen molar-refractivity contribution in [3.8, 4) is 0 Å². The van der Waals surface area contributed by atoms with Crippen molar-refractivity contribution in [3.05, 3.63) is 63.0 Å². The fraction of sp³-hybridized carbons (Fsp3) is 0.211. The SMILES string of the molecule is CCc1ccnc(C(=O)c2[nH]c3ccc(Cl)cc3c2C(C)C(=O)O)c1Cl. The van der Waals surface area contributed by atoms with Crippen molar-refractivity contribution in [2.75, 3.05) is 0 Å². The number of nitrogens with one attached hydrogen (secondary N) is 1. The molecule has 3 aromatic rings. The van der Waals surface area contributed by atoms with Gasteiger partial charge in [-0.25, -0.2) is 0 Å². The van der Waals surface area contributed by atoms with Gasteiger partial charge in [-0.15, -0.1) is 0 Å². The topological polar surface area (TPSA) is 83.0 Å². The maximum Gasteiger partial charge on any atom is 0.310 e. The van der Waals surface area contributed by atoms with E-state index in [4.69, 9.17) is 23.2 Å². The van der Waals surface area contributed by atoms with Gasteiger partial charge in [0, 0.05) is 27.7 Å². The zero-order valence-electron chi connectivity index (χ0n) is 14.1. The number of fused-ring (bicyclic) bond motifs is 1. The molecule has 0 amide bonds. The fourth-order valence-corrected chi connectivity index (χ4v) is 3.47. The zero-order chi connectivity index (χ0) is 19.0. The van der Waals surface area contributed by atoms with E-state index < -0.39 is 17.7 Å². The van der Waals surface area contributed by atoms with E-state index in [0.717, 1.165) is 5.56 Å². The molecule has 7 heteroatoms. The number of carboxylic acids is 1. The number of halogens is 2. The molecule has 26 heavy (non-hydrogen) atoms. The van der Waals surface area contributed by atoms with Crippen LogP contribution >= 0.6 is 23.2 Å². The monoisotopic (exact) mass is 390 g/mol. The fourth-order valence-electron chi connectivity index (χ4n) is 2.97. The third kappa shape index (κ3) is 3.08. The van der Waals surface area contributed by atoms with Crippen LogP contribution in [0.1, 0.15) is 47.1 Å². The van der Waals surface area contributed by atoms with E-state index in [0.29, 0.717) is 27.9 Å². The average Bonchev–Trinajstić information content (AvgIpc) is 2.99. The van der Waals surface area contributed by atoms with Crippen molar-refractivity contribution in [1.82, 2.24) is 9.97 Å². The molecule has 1 unspecified atom stereocenters. The Labute approximate surface area is 160 Å². The Morgan fingerprint density at radius 3 is 2.65 bits per heavy atom. The number of aliphatic carboxylic acids is 1. The van der Waals surface area contributed by atoms with Crippen LogP contribution in [0.15, 0.2) is 30.5 Å². The average molecular weight is 391 g/mol. The van der Waals surface area contributed by atoms with Crippen molar-refractivity contribution >= 4 is 45.9 Å². The molecule has 2 N–H and O–H groups in total. The molecule has 1 atom stereocenters. The number of H-pyrrole nitrogens is 1. The smallest absolute Gasteiger partial charge is 0.310 e. The first-order valence-corrected chi connectivity index (χ1v) is 8.82. The highest BCUT2D eigenvalue weighted by Gasteiger charge is 2.28. The number of aryl methyl sites for hydroxylation is 1. The standard InChI is InChI=1S/C19H16Cl2N2O3/c1-3-10-6-7-22-17(15(10)21)18(24)16-14(9(2)19(25)26)12-8-11(20)4-5-13(12)23-16/h4-9,23H,3H2,1-2H3,(H,25,26). The number of benzene rings is 1. The van der Waals surface area contributed by atoms with Gasteiger partial charge in [0.25, 0.3) is 0 Å². The molecule has 0 bridgehead atoms. The molecule has 0 spiro atoms. The minimum absolute atomic E-state index is 0.0995. The minimum atomic E-state index is -1.04. The Morgan fingerprint density at radius 2 is 2.00 bits per heavy atom. The number of pyridine rings is 1. The lowest BCUT2D eigenvalue weighted by molar-refractivity contribution is -0.138. The summed E-state index contributed by atoms with van der Waals surface area (Å²) in [6.07, 6.45) is 2.18. The summed E-state index contributed by atoms with van der Waals surface area (Å²) in [6.45, 7) is 3.46. The van der Waals surface area contributed by atoms with Crippen LogP contribution in [0.2, 0.25) is 10.0 Å². The Bertz CT molecular complexity index is 1030. The second-order valence-corrected chi connectivity index (χ2v) is 6.79. The number of carbonyl (C=O) groups is 2. The highest BCUT2D eigenvalue weighted by Crippen LogP contribution is 2.33. The van der Waals surface area contributed by atoms with Crippen molar-refractivity contribution in [2.24, 2.45) is 0 Å². The van der Waals surface area contributed by atoms with Gasteiger partial charge in [-0.05, 0) is 43.2 Å². The predicted molar refractivity (Wildman–Crippen MR) is 101 cm³/mol. The summed E-state index contributed by atoms with van der Waals surface area (Å²) in [6, 6.07) is 6.79. The molecular formula is C19H16Cl2N2O3. The van der Waals surface area contributed by atoms with Gasteiger partial charge in [-0.2, -0.15) is 0 Å². The second-order valence-electron chi connectivity index (χ2n) is 5.98. The largest absolute Gasteiger partial charge is 0.481 e. The van der Waals surface area contributed by atoms with Crippen LogP contribution in [0.4, 0.5) is 0 Å². The number of hydrogen-bond acceptors (Lipinski definition) is 3. The predicted octanol–water partition coefficient (Wildman–Crippen LogP) is 4.85. The summed E-state index contributed by atoms with van der Waals surface area (Å²) in [5.74, 6) is -2.39. The molecular weight excluding hydrogens is 375 g/mol.